The molecular weight excluding hydrogens is 364 g/mol. The maximum atomic E-state index is 12.3. The average molecular weight is 382 g/mol. The first-order valence-electron chi connectivity index (χ1n) is 8.29. The molecule has 3 rings (SSSR count). The van der Waals surface area contributed by atoms with Crippen molar-refractivity contribution in [2.75, 3.05) is 5.32 Å². The highest BCUT2D eigenvalue weighted by molar-refractivity contribution is 7.14. The average Bonchev–Trinajstić information content (AvgIpc) is 3.17. The number of thiazole rings is 1. The van der Waals surface area contributed by atoms with Gasteiger partial charge in [-0.3, -0.25) is 10.1 Å². The third-order valence-corrected chi connectivity index (χ3v) is 4.59. The summed E-state index contributed by atoms with van der Waals surface area (Å²) in [5.74, 6) is -1.06. The number of hydrogen-bond acceptors (Lipinski definition) is 6. The summed E-state index contributed by atoms with van der Waals surface area (Å²) in [5, 5.41) is 14.0. The Hall–Kier alpha value is -3.03. The van der Waals surface area contributed by atoms with Gasteiger partial charge in [0.2, 0.25) is 0 Å². The lowest BCUT2D eigenvalue weighted by Crippen LogP contribution is -2.30. The number of aliphatic hydroxyl groups is 1. The van der Waals surface area contributed by atoms with Crippen LogP contribution < -0.4 is 5.32 Å². The number of aliphatic hydroxyl groups excluding tert-OH is 1. The summed E-state index contributed by atoms with van der Waals surface area (Å²) in [6.07, 6.45) is -0.973. The zero-order valence-electron chi connectivity index (χ0n) is 14.6. The minimum atomic E-state index is -0.973. The topological polar surface area (TPSA) is 88.5 Å². The van der Waals surface area contributed by atoms with E-state index in [-0.39, 0.29) is 6.61 Å². The van der Waals surface area contributed by atoms with Crippen LogP contribution in [0, 0.1) is 0 Å². The van der Waals surface area contributed by atoms with Gasteiger partial charge in [-0.2, -0.15) is 0 Å². The molecule has 27 heavy (non-hydrogen) atoms. The molecule has 0 bridgehead atoms. The predicted octanol–water partition coefficient (Wildman–Crippen LogP) is 3.49. The minimum absolute atomic E-state index is 0.104. The normalized spacial score (nSPS) is 11.6. The number of carbonyl (C=O) groups is 2. The molecule has 7 heteroatoms. The van der Waals surface area contributed by atoms with Crippen molar-refractivity contribution in [3.63, 3.8) is 0 Å². The summed E-state index contributed by atoms with van der Waals surface area (Å²) in [5.41, 5.74) is 2.73. The van der Waals surface area contributed by atoms with Crippen molar-refractivity contribution in [3.8, 4) is 11.3 Å². The first kappa shape index (κ1) is 18.8. The first-order valence-corrected chi connectivity index (χ1v) is 9.17. The molecule has 0 fully saturated rings. The quantitative estimate of drug-likeness (QED) is 0.637. The maximum Gasteiger partial charge on any atom is 0.338 e. The highest BCUT2D eigenvalue weighted by Gasteiger charge is 2.20. The van der Waals surface area contributed by atoms with Gasteiger partial charge in [0.25, 0.3) is 5.91 Å². The van der Waals surface area contributed by atoms with Crippen LogP contribution in [-0.2, 0) is 16.1 Å². The van der Waals surface area contributed by atoms with Crippen LogP contribution in [-0.4, -0.2) is 28.1 Å². The second-order valence-corrected chi connectivity index (χ2v) is 6.65. The molecule has 3 aromatic rings. The van der Waals surface area contributed by atoms with Crippen LogP contribution in [0.3, 0.4) is 0 Å². The Morgan fingerprint density at radius 2 is 1.85 bits per heavy atom. The summed E-state index contributed by atoms with van der Waals surface area (Å²) >= 11 is 1.30. The van der Waals surface area contributed by atoms with E-state index in [1.807, 2.05) is 35.7 Å². The van der Waals surface area contributed by atoms with E-state index in [1.165, 1.54) is 18.3 Å². The molecule has 0 saturated carbocycles. The molecule has 0 radical (unpaired) electrons. The molecule has 0 saturated heterocycles. The molecule has 0 unspecified atom stereocenters. The summed E-state index contributed by atoms with van der Waals surface area (Å²) in [7, 11) is 0. The Bertz CT molecular complexity index is 923. The third-order valence-electron chi connectivity index (χ3n) is 3.83. The van der Waals surface area contributed by atoms with Crippen molar-refractivity contribution < 1.29 is 19.4 Å². The lowest BCUT2D eigenvalue weighted by atomic mass is 10.1. The van der Waals surface area contributed by atoms with E-state index >= 15 is 0 Å². The molecule has 1 heterocycles. The third kappa shape index (κ3) is 4.78. The van der Waals surface area contributed by atoms with Gasteiger partial charge in [0.05, 0.1) is 17.9 Å². The zero-order valence-corrected chi connectivity index (χ0v) is 15.4. The Morgan fingerprint density at radius 3 is 2.52 bits per heavy atom. The maximum absolute atomic E-state index is 12.3. The van der Waals surface area contributed by atoms with Crippen molar-refractivity contribution in [2.24, 2.45) is 0 Å². The number of amides is 1. The molecule has 2 N–H and O–H groups in total. The second-order valence-electron chi connectivity index (χ2n) is 5.80. The van der Waals surface area contributed by atoms with Gasteiger partial charge in [-0.05, 0) is 24.6 Å². The molecule has 0 aliphatic heterocycles. The fourth-order valence-corrected chi connectivity index (χ4v) is 3.03. The van der Waals surface area contributed by atoms with Crippen LogP contribution in [0.4, 0.5) is 5.13 Å². The van der Waals surface area contributed by atoms with Gasteiger partial charge >= 0.3 is 5.97 Å². The lowest BCUT2D eigenvalue weighted by Gasteiger charge is -2.12. The van der Waals surface area contributed by atoms with E-state index in [1.54, 1.807) is 24.3 Å². The number of benzene rings is 2. The van der Waals surface area contributed by atoms with Gasteiger partial charge in [0.1, 0.15) is 0 Å². The number of nitrogens with one attached hydrogen (secondary N) is 1. The van der Waals surface area contributed by atoms with Gasteiger partial charge in [0.15, 0.2) is 11.2 Å². The molecule has 1 amide bonds. The summed E-state index contributed by atoms with van der Waals surface area (Å²) < 4.78 is 5.20. The summed E-state index contributed by atoms with van der Waals surface area (Å²) in [6.45, 7) is 1.40. The van der Waals surface area contributed by atoms with E-state index in [2.05, 4.69) is 10.3 Å². The summed E-state index contributed by atoms with van der Waals surface area (Å²) in [4.78, 5) is 28.8. The Kier molecular flexibility index (Phi) is 5.95. The Labute approximate surface area is 160 Å². The number of nitrogens with zero attached hydrogens (tertiary/aromatic N) is 1. The highest BCUT2D eigenvalue weighted by atomic mass is 32.1. The van der Waals surface area contributed by atoms with Gasteiger partial charge in [-0.15, -0.1) is 11.3 Å². The first-order chi connectivity index (χ1) is 13.1. The standard InChI is InChI=1S/C20H18N2O4S/c1-13(26-19(25)16-9-7-14(11-23)8-10-16)18(24)22-20-21-17(12-27-20)15-5-3-2-4-6-15/h2-10,12-13,23H,11H2,1H3,(H,21,22,24)/t13-/m0/s1. The number of esters is 1. The van der Waals surface area contributed by atoms with Crippen molar-refractivity contribution in [2.45, 2.75) is 19.6 Å². The largest absolute Gasteiger partial charge is 0.449 e. The van der Waals surface area contributed by atoms with E-state index in [0.29, 0.717) is 16.3 Å². The van der Waals surface area contributed by atoms with Gasteiger partial charge in [-0.1, -0.05) is 42.5 Å². The van der Waals surface area contributed by atoms with Crippen molar-refractivity contribution >= 4 is 28.3 Å². The fraction of sp³-hybridized carbons (Fsp3) is 0.150. The number of aromatic nitrogens is 1. The molecule has 0 spiro atoms. The van der Waals surface area contributed by atoms with Crippen LogP contribution in [0.2, 0.25) is 0 Å². The molecule has 0 aliphatic carbocycles. The van der Waals surface area contributed by atoms with Gasteiger partial charge in [0, 0.05) is 10.9 Å². The van der Waals surface area contributed by atoms with Crippen LogP contribution >= 0.6 is 11.3 Å². The number of ether oxygens (including phenoxy) is 1. The van der Waals surface area contributed by atoms with E-state index < -0.39 is 18.0 Å². The van der Waals surface area contributed by atoms with Crippen molar-refractivity contribution in [3.05, 3.63) is 71.1 Å². The minimum Gasteiger partial charge on any atom is -0.449 e. The number of anilines is 1. The van der Waals surface area contributed by atoms with E-state index in [9.17, 15) is 9.59 Å². The van der Waals surface area contributed by atoms with Gasteiger partial charge in [-0.25, -0.2) is 9.78 Å². The zero-order chi connectivity index (χ0) is 19.2. The molecular formula is C20H18N2O4S. The van der Waals surface area contributed by atoms with Crippen LogP contribution in [0.25, 0.3) is 11.3 Å². The molecule has 0 aliphatic rings. The van der Waals surface area contributed by atoms with Crippen LogP contribution in [0.1, 0.15) is 22.8 Å². The van der Waals surface area contributed by atoms with Crippen molar-refractivity contribution in [1.29, 1.82) is 0 Å². The Balaban J connectivity index is 1.59. The van der Waals surface area contributed by atoms with Crippen LogP contribution in [0.15, 0.2) is 60.0 Å². The van der Waals surface area contributed by atoms with Crippen molar-refractivity contribution in [1.82, 2.24) is 4.98 Å². The van der Waals surface area contributed by atoms with E-state index in [4.69, 9.17) is 9.84 Å². The smallest absolute Gasteiger partial charge is 0.338 e. The Morgan fingerprint density at radius 1 is 1.15 bits per heavy atom. The number of hydrogen-bond donors (Lipinski definition) is 2. The monoisotopic (exact) mass is 382 g/mol. The molecule has 2 aromatic carbocycles. The fourth-order valence-electron chi connectivity index (χ4n) is 2.31. The molecule has 1 aromatic heterocycles. The number of carbonyl (C=O) groups excluding carboxylic acids is 2. The van der Waals surface area contributed by atoms with E-state index in [0.717, 1.165) is 11.3 Å². The van der Waals surface area contributed by atoms with Crippen LogP contribution in [0.5, 0.6) is 0 Å². The SMILES string of the molecule is C[C@H](OC(=O)c1ccc(CO)cc1)C(=O)Nc1nc(-c2ccccc2)cs1. The summed E-state index contributed by atoms with van der Waals surface area (Å²) in [6, 6.07) is 16.0. The lowest BCUT2D eigenvalue weighted by molar-refractivity contribution is -0.123. The number of rotatable bonds is 6. The molecule has 6 nitrogen and oxygen atoms in total. The predicted molar refractivity (Wildman–Crippen MR) is 103 cm³/mol. The van der Waals surface area contributed by atoms with Gasteiger partial charge < -0.3 is 9.84 Å². The second kappa shape index (κ2) is 8.57. The molecule has 138 valence electrons. The highest BCUT2D eigenvalue weighted by Crippen LogP contribution is 2.24. The molecule has 1 atom stereocenters.